The second-order valence-corrected chi connectivity index (χ2v) is 7.41. The predicted octanol–water partition coefficient (Wildman–Crippen LogP) is 5.46. The largest absolute Gasteiger partial charge is 0.337 e. The van der Waals surface area contributed by atoms with E-state index in [1.165, 1.54) is 4.90 Å². The number of hydrogen-bond donors (Lipinski definition) is 0. The van der Waals surface area contributed by atoms with E-state index in [-0.39, 0.29) is 11.8 Å². The van der Waals surface area contributed by atoms with Crippen molar-refractivity contribution in [2.24, 2.45) is 0 Å². The van der Waals surface area contributed by atoms with Crippen LogP contribution in [0, 0.1) is 6.92 Å². The van der Waals surface area contributed by atoms with E-state index >= 15 is 0 Å². The number of nitrogens with zero attached hydrogens (tertiary/aromatic N) is 2. The molecule has 3 aromatic rings. The van der Waals surface area contributed by atoms with Crippen molar-refractivity contribution in [3.8, 4) is 0 Å². The van der Waals surface area contributed by atoms with E-state index < -0.39 is 0 Å². The van der Waals surface area contributed by atoms with Gasteiger partial charge < -0.3 is 4.90 Å². The number of para-hydroxylation sites is 1. The molecule has 1 aliphatic rings. The number of carbonyl (C=O) groups is 2. The molecule has 0 saturated heterocycles. The highest BCUT2D eigenvalue weighted by molar-refractivity contribution is 6.46. The smallest absolute Gasteiger partial charge is 0.282 e. The molecule has 0 radical (unpaired) electrons. The van der Waals surface area contributed by atoms with Gasteiger partial charge in [-0.15, -0.1) is 0 Å². The van der Waals surface area contributed by atoms with E-state index in [9.17, 15) is 9.59 Å². The maximum atomic E-state index is 13.7. The molecule has 5 heteroatoms. The van der Waals surface area contributed by atoms with Gasteiger partial charge in [-0.2, -0.15) is 0 Å². The van der Waals surface area contributed by atoms with E-state index in [1.807, 2.05) is 79.4 Å². The van der Waals surface area contributed by atoms with E-state index in [1.54, 1.807) is 18.2 Å². The highest BCUT2D eigenvalue weighted by Gasteiger charge is 2.43. The van der Waals surface area contributed by atoms with Crippen molar-refractivity contribution < 1.29 is 9.59 Å². The highest BCUT2D eigenvalue weighted by Crippen LogP contribution is 2.38. The van der Waals surface area contributed by atoms with Gasteiger partial charge in [0.15, 0.2) is 0 Å². The second kappa shape index (κ2) is 8.17. The van der Waals surface area contributed by atoms with Gasteiger partial charge in [-0.3, -0.25) is 9.59 Å². The summed E-state index contributed by atoms with van der Waals surface area (Å²) >= 11 is 6.29. The van der Waals surface area contributed by atoms with Crippen molar-refractivity contribution in [1.29, 1.82) is 0 Å². The summed E-state index contributed by atoms with van der Waals surface area (Å²) in [7, 11) is 0. The average Bonchev–Trinajstić information content (AvgIpc) is 3.02. The predicted molar refractivity (Wildman–Crippen MR) is 122 cm³/mol. The number of rotatable bonds is 5. The van der Waals surface area contributed by atoms with E-state index in [4.69, 9.17) is 11.6 Å². The number of benzene rings is 3. The van der Waals surface area contributed by atoms with Gasteiger partial charge in [0.2, 0.25) is 0 Å². The van der Waals surface area contributed by atoms with E-state index in [0.29, 0.717) is 39.7 Å². The first-order valence-electron chi connectivity index (χ1n) is 9.80. The lowest BCUT2D eigenvalue weighted by atomic mass is 10.0. The van der Waals surface area contributed by atoms with Gasteiger partial charge in [-0.05, 0) is 49.2 Å². The molecular formula is C25H21ClN2O2. The summed E-state index contributed by atoms with van der Waals surface area (Å²) in [5.41, 5.74) is 3.53. The standard InChI is InChI=1S/C25H21ClN2O2/c1-3-27(19-13-8-5-9-14-19)23-22(18-11-6-4-7-12-18)24(29)28(25(23)30)21-16-10-15-20(26)17(21)2/h4-16H,3H2,1-2H3. The Morgan fingerprint density at radius 2 is 1.47 bits per heavy atom. The SMILES string of the molecule is CCN(C1=C(c2ccccc2)C(=O)N(c2cccc(Cl)c2C)C1=O)c1ccccc1. The Kier molecular flexibility index (Phi) is 5.42. The van der Waals surface area contributed by atoms with Gasteiger partial charge in [0.05, 0.1) is 11.3 Å². The molecule has 0 N–H and O–H groups in total. The van der Waals surface area contributed by atoms with Crippen molar-refractivity contribution in [2.45, 2.75) is 13.8 Å². The van der Waals surface area contributed by atoms with Crippen LogP contribution in [0.15, 0.2) is 84.6 Å². The zero-order chi connectivity index (χ0) is 21.3. The third-order valence-corrected chi connectivity index (χ3v) is 5.67. The molecule has 4 rings (SSSR count). The fourth-order valence-corrected chi connectivity index (χ4v) is 3.94. The Morgan fingerprint density at radius 3 is 2.10 bits per heavy atom. The lowest BCUT2D eigenvalue weighted by Gasteiger charge is -2.25. The third kappa shape index (κ3) is 3.29. The third-order valence-electron chi connectivity index (χ3n) is 5.26. The Morgan fingerprint density at radius 1 is 0.833 bits per heavy atom. The fourth-order valence-electron chi connectivity index (χ4n) is 3.77. The minimum atomic E-state index is -0.352. The quantitative estimate of drug-likeness (QED) is 0.518. The number of carbonyl (C=O) groups excluding carboxylic acids is 2. The number of halogens is 1. The fraction of sp³-hybridized carbons (Fsp3) is 0.120. The molecule has 1 aliphatic heterocycles. The monoisotopic (exact) mass is 416 g/mol. The minimum Gasteiger partial charge on any atom is -0.337 e. The van der Waals surface area contributed by atoms with Crippen LogP contribution in [0.1, 0.15) is 18.1 Å². The van der Waals surface area contributed by atoms with Gasteiger partial charge >= 0.3 is 0 Å². The van der Waals surface area contributed by atoms with Crippen molar-refractivity contribution in [3.05, 3.63) is 101 Å². The van der Waals surface area contributed by atoms with Crippen LogP contribution < -0.4 is 9.80 Å². The van der Waals surface area contributed by atoms with Crippen LogP contribution in [0.4, 0.5) is 11.4 Å². The Bertz CT molecular complexity index is 1140. The molecule has 1 heterocycles. The Hall–Kier alpha value is -3.37. The van der Waals surface area contributed by atoms with Crippen LogP contribution in [0.5, 0.6) is 0 Å². The van der Waals surface area contributed by atoms with E-state index in [2.05, 4.69) is 0 Å². The van der Waals surface area contributed by atoms with Crippen LogP contribution in [0.2, 0.25) is 5.02 Å². The molecule has 150 valence electrons. The lowest BCUT2D eigenvalue weighted by Crippen LogP contribution is -2.35. The van der Waals surface area contributed by atoms with Crippen LogP contribution in [-0.4, -0.2) is 18.4 Å². The van der Waals surface area contributed by atoms with Crippen LogP contribution in [-0.2, 0) is 9.59 Å². The normalized spacial score (nSPS) is 13.9. The van der Waals surface area contributed by atoms with Crippen molar-refractivity contribution in [1.82, 2.24) is 0 Å². The second-order valence-electron chi connectivity index (χ2n) is 7.00. The van der Waals surface area contributed by atoms with Gasteiger partial charge in [0.25, 0.3) is 11.8 Å². The van der Waals surface area contributed by atoms with Gasteiger partial charge in [-0.1, -0.05) is 66.2 Å². The number of amides is 2. The molecule has 4 nitrogen and oxygen atoms in total. The zero-order valence-corrected chi connectivity index (χ0v) is 17.6. The topological polar surface area (TPSA) is 40.6 Å². The van der Waals surface area contributed by atoms with Gasteiger partial charge in [0.1, 0.15) is 5.70 Å². The van der Waals surface area contributed by atoms with Gasteiger partial charge in [0, 0.05) is 17.3 Å². The molecule has 0 bridgehead atoms. The molecule has 2 amide bonds. The molecule has 0 aromatic heterocycles. The lowest BCUT2D eigenvalue weighted by molar-refractivity contribution is -0.120. The van der Waals surface area contributed by atoms with Crippen LogP contribution >= 0.6 is 11.6 Å². The molecule has 0 spiro atoms. The first kappa shape index (κ1) is 19.9. The molecule has 0 unspecified atom stereocenters. The first-order chi connectivity index (χ1) is 14.5. The molecule has 30 heavy (non-hydrogen) atoms. The molecule has 3 aromatic carbocycles. The summed E-state index contributed by atoms with van der Waals surface area (Å²) < 4.78 is 0. The van der Waals surface area contributed by atoms with Crippen molar-refractivity contribution in [3.63, 3.8) is 0 Å². The summed E-state index contributed by atoms with van der Waals surface area (Å²) in [6, 6.07) is 24.2. The maximum absolute atomic E-state index is 13.7. The molecule has 0 atom stereocenters. The minimum absolute atomic E-state index is 0.346. The van der Waals surface area contributed by atoms with Crippen LogP contribution in [0.3, 0.4) is 0 Å². The first-order valence-corrected chi connectivity index (χ1v) is 10.2. The summed E-state index contributed by atoms with van der Waals surface area (Å²) in [5.74, 6) is -0.698. The molecule has 0 saturated carbocycles. The van der Waals surface area contributed by atoms with Gasteiger partial charge in [-0.25, -0.2) is 4.90 Å². The summed E-state index contributed by atoms with van der Waals surface area (Å²) in [5, 5.41) is 0.512. The number of hydrogen-bond acceptors (Lipinski definition) is 3. The van der Waals surface area contributed by atoms with Crippen molar-refractivity contribution in [2.75, 3.05) is 16.3 Å². The van der Waals surface area contributed by atoms with E-state index in [0.717, 1.165) is 5.69 Å². The number of likely N-dealkylation sites (N-methyl/N-ethyl adjacent to an activating group) is 1. The summed E-state index contributed by atoms with van der Waals surface area (Å²) in [6.07, 6.45) is 0. The maximum Gasteiger partial charge on any atom is 0.282 e. The molecule has 0 aliphatic carbocycles. The Labute approximate surface area is 181 Å². The summed E-state index contributed by atoms with van der Waals surface area (Å²) in [4.78, 5) is 30.5. The average molecular weight is 417 g/mol. The van der Waals surface area contributed by atoms with Crippen molar-refractivity contribution >= 4 is 40.4 Å². The number of imide groups is 1. The molecule has 0 fully saturated rings. The Balaban J connectivity index is 1.93. The summed E-state index contributed by atoms with van der Waals surface area (Å²) in [6.45, 7) is 4.32. The number of anilines is 2. The highest BCUT2D eigenvalue weighted by atomic mass is 35.5. The zero-order valence-electron chi connectivity index (χ0n) is 16.8. The van der Waals surface area contributed by atoms with Crippen LogP contribution in [0.25, 0.3) is 5.57 Å². The molecular weight excluding hydrogens is 396 g/mol.